The van der Waals surface area contributed by atoms with Crippen LogP contribution in [0.5, 0.6) is 0 Å². The van der Waals surface area contributed by atoms with Crippen molar-refractivity contribution in [2.24, 2.45) is 0 Å². The normalized spacial score (nSPS) is 18.1. The third kappa shape index (κ3) is 4.24. The van der Waals surface area contributed by atoms with Gasteiger partial charge in [-0.05, 0) is 68.8 Å². The number of aromatic nitrogens is 1. The van der Waals surface area contributed by atoms with Gasteiger partial charge in [-0.1, -0.05) is 17.3 Å². The molecule has 3 aromatic rings. The van der Waals surface area contributed by atoms with Crippen LogP contribution in [-0.2, 0) is 16.4 Å². The Kier molecular flexibility index (Phi) is 5.43. The number of hydrogen-bond acceptors (Lipinski definition) is 5. The Morgan fingerprint density at radius 2 is 1.96 bits per heavy atom. The first-order valence-corrected chi connectivity index (χ1v) is 10.8. The number of hydrogen-bond donors (Lipinski definition) is 1. The highest BCUT2D eigenvalue weighted by Gasteiger charge is 2.27. The van der Waals surface area contributed by atoms with E-state index >= 15 is 0 Å². The molecule has 0 radical (unpaired) electrons. The maximum atomic E-state index is 13.0. The molecule has 1 aromatic heterocycles. The highest BCUT2D eigenvalue weighted by molar-refractivity contribution is 7.89. The van der Waals surface area contributed by atoms with Crippen LogP contribution in [-0.4, -0.2) is 44.2 Å². The highest BCUT2D eigenvalue weighted by atomic mass is 32.2. The average Bonchev–Trinajstić information content (AvgIpc) is 3.29. The van der Waals surface area contributed by atoms with Crippen LogP contribution >= 0.6 is 0 Å². The number of halogens is 1. The Hall–Kier alpha value is -2.29. The standard InChI is InChI=1S/C20H22FN3O3S/c21-15-7-9-17(10-8-15)28(25,26)23-16-11-13-24(14-16)12-3-5-19-18-4-1-2-6-20(18)27-22-19/h1-2,4,6-10,16,23H,3,5,11-14H2/t16-/m0/s1. The lowest BCUT2D eigenvalue weighted by Gasteiger charge is -2.16. The third-order valence-corrected chi connectivity index (χ3v) is 6.59. The predicted octanol–water partition coefficient (Wildman–Crippen LogP) is 2.95. The van der Waals surface area contributed by atoms with Gasteiger partial charge >= 0.3 is 0 Å². The maximum Gasteiger partial charge on any atom is 0.240 e. The summed E-state index contributed by atoms with van der Waals surface area (Å²) >= 11 is 0. The van der Waals surface area contributed by atoms with Crippen LogP contribution in [0.1, 0.15) is 18.5 Å². The minimum atomic E-state index is -3.63. The van der Waals surface area contributed by atoms with Crippen molar-refractivity contribution >= 4 is 21.0 Å². The van der Waals surface area contributed by atoms with Crippen LogP contribution in [0.2, 0.25) is 0 Å². The number of sulfonamides is 1. The lowest BCUT2D eigenvalue weighted by molar-refractivity contribution is 0.326. The summed E-state index contributed by atoms with van der Waals surface area (Å²) < 4.78 is 45.9. The number of aryl methyl sites for hydroxylation is 1. The van der Waals surface area contributed by atoms with Crippen molar-refractivity contribution < 1.29 is 17.3 Å². The molecule has 6 nitrogen and oxygen atoms in total. The van der Waals surface area contributed by atoms with Crippen molar-refractivity contribution in [3.63, 3.8) is 0 Å². The second-order valence-electron chi connectivity index (χ2n) is 7.09. The molecule has 28 heavy (non-hydrogen) atoms. The lowest BCUT2D eigenvalue weighted by Crippen LogP contribution is -2.37. The van der Waals surface area contributed by atoms with E-state index in [2.05, 4.69) is 14.8 Å². The number of nitrogens with one attached hydrogen (secondary N) is 1. The van der Waals surface area contributed by atoms with Crippen molar-refractivity contribution in [1.82, 2.24) is 14.8 Å². The van der Waals surface area contributed by atoms with Gasteiger partial charge in [-0.25, -0.2) is 17.5 Å². The Bertz CT molecular complexity index is 1050. The third-order valence-electron chi connectivity index (χ3n) is 5.06. The van der Waals surface area contributed by atoms with Gasteiger partial charge in [0.2, 0.25) is 10.0 Å². The zero-order valence-corrected chi connectivity index (χ0v) is 16.2. The van der Waals surface area contributed by atoms with Crippen molar-refractivity contribution in [3.05, 3.63) is 60.0 Å². The van der Waals surface area contributed by atoms with Gasteiger partial charge in [-0.3, -0.25) is 0 Å². The Morgan fingerprint density at radius 3 is 2.79 bits per heavy atom. The van der Waals surface area contributed by atoms with Gasteiger partial charge in [0.05, 0.1) is 10.6 Å². The van der Waals surface area contributed by atoms with Gasteiger partial charge in [-0.2, -0.15) is 0 Å². The average molecular weight is 403 g/mol. The number of nitrogens with zero attached hydrogens (tertiary/aromatic N) is 2. The molecule has 148 valence electrons. The van der Waals surface area contributed by atoms with Crippen LogP contribution in [0.3, 0.4) is 0 Å². The first kappa shape index (κ1) is 19.0. The van der Waals surface area contributed by atoms with Crippen LogP contribution in [0.4, 0.5) is 4.39 Å². The number of rotatable bonds is 7. The predicted molar refractivity (Wildman–Crippen MR) is 104 cm³/mol. The van der Waals surface area contributed by atoms with E-state index in [9.17, 15) is 12.8 Å². The largest absolute Gasteiger partial charge is 0.356 e. The quantitative estimate of drug-likeness (QED) is 0.656. The molecule has 2 heterocycles. The van der Waals surface area contributed by atoms with E-state index in [1.807, 2.05) is 24.3 Å². The Morgan fingerprint density at radius 1 is 1.18 bits per heavy atom. The fraction of sp³-hybridized carbons (Fsp3) is 0.350. The van der Waals surface area contributed by atoms with Gasteiger partial charge < -0.3 is 9.42 Å². The minimum Gasteiger partial charge on any atom is -0.356 e. The molecule has 2 aromatic carbocycles. The van der Waals surface area contributed by atoms with E-state index in [1.54, 1.807) is 0 Å². The first-order chi connectivity index (χ1) is 13.5. The molecule has 1 atom stereocenters. The summed E-state index contributed by atoms with van der Waals surface area (Å²) in [5.41, 5.74) is 1.76. The first-order valence-electron chi connectivity index (χ1n) is 9.35. The second-order valence-corrected chi connectivity index (χ2v) is 8.80. The van der Waals surface area contributed by atoms with E-state index in [1.165, 1.54) is 12.1 Å². The molecule has 0 saturated carbocycles. The summed E-state index contributed by atoms with van der Waals surface area (Å²) in [6.07, 6.45) is 2.50. The number of likely N-dealkylation sites (tertiary alicyclic amines) is 1. The summed E-state index contributed by atoms with van der Waals surface area (Å²) in [6.45, 7) is 2.38. The second kappa shape index (κ2) is 7.98. The fourth-order valence-corrected chi connectivity index (χ4v) is 4.88. The van der Waals surface area contributed by atoms with E-state index in [4.69, 9.17) is 4.52 Å². The van der Waals surface area contributed by atoms with Gasteiger partial charge in [-0.15, -0.1) is 0 Å². The van der Waals surface area contributed by atoms with Crippen LogP contribution in [0.25, 0.3) is 11.0 Å². The molecule has 4 rings (SSSR count). The molecule has 1 fully saturated rings. The van der Waals surface area contributed by atoms with Crippen molar-refractivity contribution in [1.29, 1.82) is 0 Å². The van der Waals surface area contributed by atoms with Crippen LogP contribution in [0.15, 0.2) is 57.9 Å². The molecular formula is C20H22FN3O3S. The number of para-hydroxylation sites is 1. The van der Waals surface area contributed by atoms with Gasteiger partial charge in [0.15, 0.2) is 5.58 Å². The molecular weight excluding hydrogens is 381 g/mol. The molecule has 1 saturated heterocycles. The van der Waals surface area contributed by atoms with E-state index in [0.29, 0.717) is 6.54 Å². The summed E-state index contributed by atoms with van der Waals surface area (Å²) in [5, 5.41) is 5.20. The zero-order valence-electron chi connectivity index (χ0n) is 15.3. The fourth-order valence-electron chi connectivity index (χ4n) is 3.62. The van der Waals surface area contributed by atoms with E-state index in [0.717, 1.165) is 61.1 Å². The molecule has 1 N–H and O–H groups in total. The smallest absolute Gasteiger partial charge is 0.240 e. The maximum absolute atomic E-state index is 13.0. The highest BCUT2D eigenvalue weighted by Crippen LogP contribution is 2.20. The number of fused-ring (bicyclic) bond motifs is 1. The topological polar surface area (TPSA) is 75.4 Å². The Labute approximate surface area is 163 Å². The molecule has 1 aliphatic rings. The van der Waals surface area contributed by atoms with Gasteiger partial charge in [0.25, 0.3) is 0 Å². The lowest BCUT2D eigenvalue weighted by atomic mass is 10.1. The number of benzene rings is 2. The minimum absolute atomic E-state index is 0.0882. The van der Waals surface area contributed by atoms with Crippen LogP contribution in [0, 0.1) is 5.82 Å². The summed E-state index contributed by atoms with van der Waals surface area (Å²) in [6, 6.07) is 12.6. The van der Waals surface area contributed by atoms with Crippen molar-refractivity contribution in [2.75, 3.05) is 19.6 Å². The van der Waals surface area contributed by atoms with Gasteiger partial charge in [0.1, 0.15) is 5.82 Å². The molecule has 0 aliphatic carbocycles. The summed E-state index contributed by atoms with van der Waals surface area (Å²) in [7, 11) is -3.63. The van der Waals surface area contributed by atoms with Crippen molar-refractivity contribution in [2.45, 2.75) is 30.2 Å². The van der Waals surface area contributed by atoms with Gasteiger partial charge in [0, 0.05) is 18.0 Å². The SMILES string of the molecule is O=S(=O)(N[C@H]1CCN(CCCc2noc3ccccc23)C1)c1ccc(F)cc1. The summed E-state index contributed by atoms with van der Waals surface area (Å²) in [4.78, 5) is 2.34. The van der Waals surface area contributed by atoms with E-state index in [-0.39, 0.29) is 10.9 Å². The Balaban J connectivity index is 1.28. The van der Waals surface area contributed by atoms with Crippen molar-refractivity contribution in [3.8, 4) is 0 Å². The molecule has 1 aliphatic heterocycles. The summed E-state index contributed by atoms with van der Waals surface area (Å²) in [5.74, 6) is -0.453. The molecule has 0 bridgehead atoms. The molecule has 8 heteroatoms. The zero-order chi connectivity index (χ0) is 19.6. The molecule has 0 spiro atoms. The molecule has 0 unspecified atom stereocenters. The monoisotopic (exact) mass is 403 g/mol. The molecule has 0 amide bonds. The van der Waals surface area contributed by atoms with Crippen LogP contribution < -0.4 is 4.72 Å². The van der Waals surface area contributed by atoms with E-state index < -0.39 is 15.8 Å².